The number of fused-ring (bicyclic) bond motifs is 1. The molecule has 3 heterocycles. The van der Waals surface area contributed by atoms with Gasteiger partial charge in [-0.25, -0.2) is 19.0 Å². The Hall–Kier alpha value is -2.81. The average molecular weight is 455 g/mol. The average Bonchev–Trinajstić information content (AvgIpc) is 3.48. The highest BCUT2D eigenvalue weighted by Crippen LogP contribution is 2.34. The fourth-order valence-corrected chi connectivity index (χ4v) is 5.59. The first-order chi connectivity index (χ1) is 15.5. The number of rotatable bonds is 4. The van der Waals surface area contributed by atoms with Crippen LogP contribution in [0, 0.1) is 12.7 Å². The topological polar surface area (TPSA) is 89.9 Å². The maximum Gasteiger partial charge on any atom is 0.244 e. The Labute approximate surface area is 190 Å². The second kappa shape index (κ2) is 8.61. The fraction of sp³-hybridized carbons (Fsp3) is 0.478. The largest absolute Gasteiger partial charge is 0.375 e. The second-order valence-corrected chi connectivity index (χ2v) is 9.81. The highest BCUT2D eigenvalue weighted by atomic mass is 32.1. The van der Waals surface area contributed by atoms with E-state index in [-0.39, 0.29) is 18.3 Å². The van der Waals surface area contributed by atoms with Crippen molar-refractivity contribution in [2.75, 3.05) is 18.8 Å². The van der Waals surface area contributed by atoms with Crippen LogP contribution in [0.2, 0.25) is 0 Å². The molecule has 7 nitrogen and oxygen atoms in total. The summed E-state index contributed by atoms with van der Waals surface area (Å²) in [6.45, 7) is 3.19. The zero-order valence-corrected chi connectivity index (χ0v) is 19.0. The van der Waals surface area contributed by atoms with Gasteiger partial charge in [-0.15, -0.1) is 11.3 Å². The molecule has 1 aliphatic carbocycles. The number of nitrogens with two attached hydrogens (primary N) is 1. The van der Waals surface area contributed by atoms with Crippen LogP contribution in [0.3, 0.4) is 0 Å². The van der Waals surface area contributed by atoms with Gasteiger partial charge in [0.1, 0.15) is 18.2 Å². The van der Waals surface area contributed by atoms with Crippen molar-refractivity contribution in [2.45, 2.75) is 57.9 Å². The number of carbonyl (C=O) groups is 1. The van der Waals surface area contributed by atoms with E-state index in [1.807, 2.05) is 4.90 Å². The first-order valence-corrected chi connectivity index (χ1v) is 12.0. The van der Waals surface area contributed by atoms with E-state index < -0.39 is 0 Å². The van der Waals surface area contributed by atoms with Gasteiger partial charge in [-0.1, -0.05) is 12.8 Å². The lowest BCUT2D eigenvalue weighted by molar-refractivity contribution is -0.132. The summed E-state index contributed by atoms with van der Waals surface area (Å²) in [7, 11) is 0. The van der Waals surface area contributed by atoms with Gasteiger partial charge in [0.2, 0.25) is 5.91 Å². The van der Waals surface area contributed by atoms with Crippen LogP contribution in [0.1, 0.15) is 53.6 Å². The molecule has 168 valence electrons. The van der Waals surface area contributed by atoms with Crippen molar-refractivity contribution in [3.8, 4) is 11.4 Å². The van der Waals surface area contributed by atoms with E-state index >= 15 is 0 Å². The Morgan fingerprint density at radius 2 is 2.00 bits per heavy atom. The molecule has 0 saturated heterocycles. The highest BCUT2D eigenvalue weighted by molar-refractivity contribution is 7.15. The van der Waals surface area contributed by atoms with Crippen LogP contribution in [0.5, 0.6) is 0 Å². The quantitative estimate of drug-likeness (QED) is 0.649. The van der Waals surface area contributed by atoms with Crippen molar-refractivity contribution in [2.24, 2.45) is 0 Å². The fourth-order valence-electron chi connectivity index (χ4n) is 4.72. The van der Waals surface area contributed by atoms with Crippen LogP contribution in [0.25, 0.3) is 11.4 Å². The van der Waals surface area contributed by atoms with Gasteiger partial charge in [0.15, 0.2) is 11.0 Å². The van der Waals surface area contributed by atoms with Crippen LogP contribution in [0.4, 0.5) is 9.52 Å². The van der Waals surface area contributed by atoms with Crippen molar-refractivity contribution in [1.29, 1.82) is 0 Å². The summed E-state index contributed by atoms with van der Waals surface area (Å²) in [4.78, 5) is 25.5. The molecule has 0 bridgehead atoms. The van der Waals surface area contributed by atoms with Crippen molar-refractivity contribution >= 4 is 22.4 Å². The second-order valence-electron chi connectivity index (χ2n) is 8.70. The van der Waals surface area contributed by atoms with Gasteiger partial charge in [0, 0.05) is 42.3 Å². The molecule has 2 N–H and O–H groups in total. The molecule has 5 rings (SSSR count). The molecule has 1 aromatic carbocycles. The van der Waals surface area contributed by atoms with Crippen LogP contribution in [-0.4, -0.2) is 43.6 Å². The zero-order chi connectivity index (χ0) is 22.2. The van der Waals surface area contributed by atoms with E-state index in [2.05, 4.69) is 4.98 Å². The predicted molar refractivity (Wildman–Crippen MR) is 122 cm³/mol. The van der Waals surface area contributed by atoms with Crippen molar-refractivity contribution in [3.63, 3.8) is 0 Å². The number of carbonyl (C=O) groups excluding carboxylic acids is 1. The van der Waals surface area contributed by atoms with Crippen LogP contribution < -0.4 is 5.73 Å². The molecule has 32 heavy (non-hydrogen) atoms. The molecule has 0 spiro atoms. The highest BCUT2D eigenvalue weighted by Gasteiger charge is 2.27. The first kappa shape index (κ1) is 21.1. The number of benzene rings is 1. The van der Waals surface area contributed by atoms with Crippen molar-refractivity contribution < 1.29 is 9.18 Å². The van der Waals surface area contributed by atoms with Crippen LogP contribution in [0.15, 0.2) is 18.2 Å². The number of thiazole rings is 1. The van der Waals surface area contributed by atoms with E-state index in [1.165, 1.54) is 35.1 Å². The molecular weight excluding hydrogens is 427 g/mol. The molecular formula is C23H27FN6OS. The number of nitrogen functional groups attached to an aromatic ring is 1. The number of nitrogens with zero attached hydrogens (tertiary/aromatic N) is 5. The SMILES string of the molecule is Cc1cc(-c2nc(C3CCCC3)n(CC(=O)N3CCc4nc(N)sc4CC3)n2)ccc1F. The van der Waals surface area contributed by atoms with Gasteiger partial charge in [-0.3, -0.25) is 4.79 Å². The number of amides is 1. The minimum atomic E-state index is -0.245. The minimum absolute atomic E-state index is 0.0408. The lowest BCUT2D eigenvalue weighted by atomic mass is 10.1. The van der Waals surface area contributed by atoms with Gasteiger partial charge in [0.05, 0.1) is 5.69 Å². The number of aryl methyl sites for hydroxylation is 1. The molecule has 0 atom stereocenters. The number of hydrogen-bond acceptors (Lipinski definition) is 6. The summed E-state index contributed by atoms with van der Waals surface area (Å²) >= 11 is 1.52. The third kappa shape index (κ3) is 4.13. The summed E-state index contributed by atoms with van der Waals surface area (Å²) < 4.78 is 15.5. The number of anilines is 1. The Morgan fingerprint density at radius 3 is 2.78 bits per heavy atom. The van der Waals surface area contributed by atoms with Crippen LogP contribution in [-0.2, 0) is 24.2 Å². The van der Waals surface area contributed by atoms with Gasteiger partial charge in [0.25, 0.3) is 0 Å². The summed E-state index contributed by atoms with van der Waals surface area (Å²) in [5.41, 5.74) is 8.19. The lowest BCUT2D eigenvalue weighted by Gasteiger charge is -2.21. The molecule has 1 amide bonds. The number of halogens is 1. The number of hydrogen-bond donors (Lipinski definition) is 1. The molecule has 1 saturated carbocycles. The molecule has 0 unspecified atom stereocenters. The van der Waals surface area contributed by atoms with E-state index in [0.717, 1.165) is 42.8 Å². The Kier molecular flexibility index (Phi) is 5.67. The summed E-state index contributed by atoms with van der Waals surface area (Å²) in [5.74, 6) is 1.54. The van der Waals surface area contributed by atoms with E-state index in [0.29, 0.717) is 35.5 Å². The van der Waals surface area contributed by atoms with Crippen molar-refractivity contribution in [1.82, 2.24) is 24.6 Å². The smallest absolute Gasteiger partial charge is 0.244 e. The summed E-state index contributed by atoms with van der Waals surface area (Å²) in [6.07, 6.45) is 5.96. The lowest BCUT2D eigenvalue weighted by Crippen LogP contribution is -2.36. The molecule has 0 radical (unpaired) electrons. The Balaban J connectivity index is 1.38. The van der Waals surface area contributed by atoms with Gasteiger partial charge >= 0.3 is 0 Å². The molecule has 2 aliphatic rings. The maximum atomic E-state index is 13.7. The molecule has 1 aliphatic heterocycles. The van der Waals surface area contributed by atoms with E-state index in [9.17, 15) is 9.18 Å². The maximum absolute atomic E-state index is 13.7. The van der Waals surface area contributed by atoms with Crippen molar-refractivity contribution in [3.05, 3.63) is 46.0 Å². The summed E-state index contributed by atoms with van der Waals surface area (Å²) in [6, 6.07) is 4.91. The predicted octanol–water partition coefficient (Wildman–Crippen LogP) is 3.72. The summed E-state index contributed by atoms with van der Waals surface area (Å²) in [5, 5.41) is 5.30. The van der Waals surface area contributed by atoms with Crippen LogP contribution >= 0.6 is 11.3 Å². The third-order valence-corrected chi connectivity index (χ3v) is 7.48. The first-order valence-electron chi connectivity index (χ1n) is 11.2. The standard InChI is InChI=1S/C23H27FN6OS/c1-14-12-16(6-7-17(14)24)21-27-22(15-4-2-3-5-15)30(28-21)13-20(31)29-10-8-18-19(9-11-29)32-23(25)26-18/h6-7,12,15H,2-5,8-11,13H2,1H3,(H2,25,26). The third-order valence-electron chi connectivity index (χ3n) is 6.50. The van der Waals surface area contributed by atoms with Gasteiger partial charge < -0.3 is 10.6 Å². The van der Waals surface area contributed by atoms with Gasteiger partial charge in [-0.2, -0.15) is 5.10 Å². The Bertz CT molecular complexity index is 1120. The minimum Gasteiger partial charge on any atom is -0.375 e. The van der Waals surface area contributed by atoms with E-state index in [4.69, 9.17) is 15.8 Å². The molecule has 9 heteroatoms. The number of aromatic nitrogens is 4. The van der Waals surface area contributed by atoms with Gasteiger partial charge in [-0.05, 0) is 43.5 Å². The van der Waals surface area contributed by atoms with E-state index in [1.54, 1.807) is 23.7 Å². The monoisotopic (exact) mass is 454 g/mol. The molecule has 3 aromatic rings. The zero-order valence-electron chi connectivity index (χ0n) is 18.2. The molecule has 1 fully saturated rings. The normalized spacial score (nSPS) is 16.9. The Morgan fingerprint density at radius 1 is 1.22 bits per heavy atom. The molecule has 2 aromatic heterocycles.